The number of halogens is 2. The zero-order chi connectivity index (χ0) is 20.7. The van der Waals surface area contributed by atoms with Gasteiger partial charge in [0.05, 0.1) is 12.2 Å². The maximum absolute atomic E-state index is 12.5. The molecular formula is C20H21Cl2N3O3. The van der Waals surface area contributed by atoms with Gasteiger partial charge in [-0.15, -0.1) is 13.2 Å². The van der Waals surface area contributed by atoms with Gasteiger partial charge in [-0.1, -0.05) is 53.6 Å². The zero-order valence-corrected chi connectivity index (χ0v) is 17.0. The molecule has 0 radical (unpaired) electrons. The maximum Gasteiger partial charge on any atom is 0.343 e. The molecule has 1 aromatic carbocycles. The fourth-order valence-electron chi connectivity index (χ4n) is 2.56. The molecule has 0 N–H and O–H groups in total. The molecule has 1 aromatic heterocycles. The number of carbonyl (C=O) groups is 2. The van der Waals surface area contributed by atoms with E-state index in [0.29, 0.717) is 30.4 Å². The van der Waals surface area contributed by atoms with E-state index in [2.05, 4.69) is 18.3 Å². The lowest BCUT2D eigenvalue weighted by Crippen LogP contribution is -2.35. The van der Waals surface area contributed by atoms with E-state index in [-0.39, 0.29) is 16.6 Å². The summed E-state index contributed by atoms with van der Waals surface area (Å²) in [5.41, 5.74) is 1.34. The average molecular weight is 422 g/mol. The average Bonchev–Trinajstić information content (AvgIpc) is 2.94. The highest BCUT2D eigenvalue weighted by atomic mass is 35.5. The van der Waals surface area contributed by atoms with Crippen LogP contribution < -0.4 is 0 Å². The van der Waals surface area contributed by atoms with E-state index in [0.717, 1.165) is 5.56 Å². The van der Waals surface area contributed by atoms with Crippen molar-refractivity contribution in [3.63, 3.8) is 0 Å². The Bertz CT molecular complexity index is 883. The van der Waals surface area contributed by atoms with E-state index in [1.807, 2.05) is 18.2 Å². The zero-order valence-electron chi connectivity index (χ0n) is 15.5. The van der Waals surface area contributed by atoms with Crippen molar-refractivity contribution in [2.75, 3.05) is 19.7 Å². The molecule has 2 rings (SSSR count). The number of ether oxygens (including phenoxy) is 1. The second-order valence-corrected chi connectivity index (χ2v) is 6.72. The molecule has 0 aliphatic heterocycles. The number of benzene rings is 1. The third kappa shape index (κ3) is 5.24. The highest BCUT2D eigenvalue weighted by Gasteiger charge is 2.23. The largest absolute Gasteiger partial charge is 0.452 e. The summed E-state index contributed by atoms with van der Waals surface area (Å²) in [7, 11) is 0. The SMILES string of the molecule is C=CCN(CC=C)C(=O)COC(=O)c1c(C)nn(Cc2ccccc2Cl)c1Cl. The van der Waals surface area contributed by atoms with Crippen LogP contribution in [0.5, 0.6) is 0 Å². The predicted octanol–water partition coefficient (Wildman–Crippen LogP) is 3.90. The molecule has 0 unspecified atom stereocenters. The number of hydrogen-bond acceptors (Lipinski definition) is 4. The van der Waals surface area contributed by atoms with Gasteiger partial charge < -0.3 is 9.64 Å². The van der Waals surface area contributed by atoms with Gasteiger partial charge in [0, 0.05) is 18.1 Å². The minimum Gasteiger partial charge on any atom is -0.452 e. The van der Waals surface area contributed by atoms with Gasteiger partial charge in [0.1, 0.15) is 10.7 Å². The third-order valence-corrected chi connectivity index (χ3v) is 4.68. The number of esters is 1. The predicted molar refractivity (Wildman–Crippen MR) is 110 cm³/mol. The van der Waals surface area contributed by atoms with Crippen LogP contribution >= 0.6 is 23.2 Å². The Hall–Kier alpha value is -2.57. The summed E-state index contributed by atoms with van der Waals surface area (Å²) in [5.74, 6) is -1.07. The molecule has 8 heteroatoms. The third-order valence-electron chi connectivity index (χ3n) is 3.93. The second kappa shape index (κ2) is 10.1. The Labute approximate surface area is 174 Å². The van der Waals surface area contributed by atoms with Gasteiger partial charge in [0.25, 0.3) is 5.91 Å². The van der Waals surface area contributed by atoms with E-state index in [4.69, 9.17) is 27.9 Å². The van der Waals surface area contributed by atoms with Gasteiger partial charge >= 0.3 is 5.97 Å². The first-order valence-corrected chi connectivity index (χ1v) is 9.27. The first-order chi connectivity index (χ1) is 13.4. The standard InChI is InChI=1S/C20H21Cl2N3O3/c1-4-10-24(11-5-2)17(26)13-28-20(27)18-14(3)23-25(19(18)22)12-15-8-6-7-9-16(15)21/h4-9H,1-2,10-13H2,3H3. The Morgan fingerprint density at radius 2 is 1.86 bits per heavy atom. The summed E-state index contributed by atoms with van der Waals surface area (Å²) >= 11 is 12.5. The lowest BCUT2D eigenvalue weighted by atomic mass is 10.2. The maximum atomic E-state index is 12.5. The molecule has 6 nitrogen and oxygen atoms in total. The molecule has 0 saturated carbocycles. The number of carbonyl (C=O) groups excluding carboxylic acids is 2. The van der Waals surface area contributed by atoms with Crippen molar-refractivity contribution in [2.24, 2.45) is 0 Å². The van der Waals surface area contributed by atoms with Crippen LogP contribution in [-0.4, -0.2) is 46.3 Å². The van der Waals surface area contributed by atoms with Crippen LogP contribution in [0.4, 0.5) is 0 Å². The number of hydrogen-bond donors (Lipinski definition) is 0. The molecule has 0 spiro atoms. The van der Waals surface area contributed by atoms with E-state index < -0.39 is 12.6 Å². The van der Waals surface area contributed by atoms with Gasteiger partial charge in [0.15, 0.2) is 6.61 Å². The summed E-state index contributed by atoms with van der Waals surface area (Å²) in [6.07, 6.45) is 3.17. The van der Waals surface area contributed by atoms with E-state index in [1.54, 1.807) is 25.1 Å². The molecule has 0 fully saturated rings. The van der Waals surface area contributed by atoms with Crippen molar-refractivity contribution in [3.8, 4) is 0 Å². The van der Waals surface area contributed by atoms with Gasteiger partial charge in [0.2, 0.25) is 0 Å². The molecule has 0 bridgehead atoms. The Balaban J connectivity index is 2.10. The molecule has 1 amide bonds. The van der Waals surface area contributed by atoms with Gasteiger partial charge in [-0.05, 0) is 18.6 Å². The molecule has 148 valence electrons. The molecular weight excluding hydrogens is 401 g/mol. The van der Waals surface area contributed by atoms with Crippen molar-refractivity contribution < 1.29 is 14.3 Å². The van der Waals surface area contributed by atoms with Crippen molar-refractivity contribution in [1.82, 2.24) is 14.7 Å². The molecule has 0 atom stereocenters. The highest BCUT2D eigenvalue weighted by molar-refractivity contribution is 6.33. The van der Waals surface area contributed by atoms with Crippen molar-refractivity contribution in [3.05, 3.63) is 76.6 Å². The lowest BCUT2D eigenvalue weighted by molar-refractivity contribution is -0.133. The fraction of sp³-hybridized carbons (Fsp3) is 0.250. The van der Waals surface area contributed by atoms with Crippen LogP contribution in [0, 0.1) is 6.92 Å². The Morgan fingerprint density at radius 1 is 1.21 bits per heavy atom. The summed E-state index contributed by atoms with van der Waals surface area (Å²) in [5, 5.41) is 5.00. The summed E-state index contributed by atoms with van der Waals surface area (Å²) in [6, 6.07) is 7.29. The van der Waals surface area contributed by atoms with E-state index in [1.165, 1.54) is 9.58 Å². The van der Waals surface area contributed by atoms with Crippen LogP contribution in [-0.2, 0) is 16.1 Å². The van der Waals surface area contributed by atoms with Gasteiger partial charge in [-0.25, -0.2) is 9.48 Å². The highest BCUT2D eigenvalue weighted by Crippen LogP contribution is 2.24. The number of amides is 1. The Morgan fingerprint density at radius 3 is 2.46 bits per heavy atom. The summed E-state index contributed by atoms with van der Waals surface area (Å²) in [4.78, 5) is 26.1. The summed E-state index contributed by atoms with van der Waals surface area (Å²) in [6.45, 7) is 9.40. The van der Waals surface area contributed by atoms with Crippen LogP contribution in [0.3, 0.4) is 0 Å². The fourth-order valence-corrected chi connectivity index (χ4v) is 3.07. The number of aromatic nitrogens is 2. The number of aryl methyl sites for hydroxylation is 1. The van der Waals surface area contributed by atoms with Crippen LogP contribution in [0.2, 0.25) is 10.2 Å². The number of nitrogens with zero attached hydrogens (tertiary/aromatic N) is 3. The summed E-state index contributed by atoms with van der Waals surface area (Å²) < 4.78 is 6.62. The van der Waals surface area contributed by atoms with Crippen molar-refractivity contribution >= 4 is 35.1 Å². The molecule has 0 aliphatic rings. The minimum atomic E-state index is -0.710. The number of rotatable bonds is 9. The second-order valence-electron chi connectivity index (χ2n) is 5.95. The molecule has 1 heterocycles. The van der Waals surface area contributed by atoms with Crippen LogP contribution in [0.15, 0.2) is 49.6 Å². The quantitative estimate of drug-likeness (QED) is 0.454. The van der Waals surface area contributed by atoms with Crippen LogP contribution in [0.25, 0.3) is 0 Å². The molecule has 0 aliphatic carbocycles. The monoisotopic (exact) mass is 421 g/mol. The molecule has 0 saturated heterocycles. The van der Waals surface area contributed by atoms with Crippen molar-refractivity contribution in [2.45, 2.75) is 13.5 Å². The van der Waals surface area contributed by atoms with E-state index >= 15 is 0 Å². The van der Waals surface area contributed by atoms with E-state index in [9.17, 15) is 9.59 Å². The van der Waals surface area contributed by atoms with Crippen molar-refractivity contribution in [1.29, 1.82) is 0 Å². The molecule has 2 aromatic rings. The Kier molecular flexibility index (Phi) is 7.84. The lowest BCUT2D eigenvalue weighted by Gasteiger charge is -2.18. The van der Waals surface area contributed by atoms with Gasteiger partial charge in [-0.2, -0.15) is 5.10 Å². The first kappa shape index (κ1) is 21.7. The first-order valence-electron chi connectivity index (χ1n) is 8.52. The normalized spacial score (nSPS) is 10.4. The molecule has 28 heavy (non-hydrogen) atoms. The smallest absolute Gasteiger partial charge is 0.343 e. The van der Waals surface area contributed by atoms with Crippen LogP contribution in [0.1, 0.15) is 21.6 Å². The van der Waals surface area contributed by atoms with Gasteiger partial charge in [-0.3, -0.25) is 4.79 Å². The topological polar surface area (TPSA) is 64.4 Å². The minimum absolute atomic E-state index is 0.125.